The Bertz CT molecular complexity index is 2030. The van der Waals surface area contributed by atoms with Crippen LogP contribution in [0.4, 0.5) is 0 Å². The number of halogens is 1. The van der Waals surface area contributed by atoms with Gasteiger partial charge in [-0.1, -0.05) is 53.8 Å². The number of benzene rings is 2. The number of aromatic nitrogens is 2. The molecule has 5 aromatic rings. The van der Waals surface area contributed by atoms with E-state index >= 15 is 0 Å². The van der Waals surface area contributed by atoms with Gasteiger partial charge in [0, 0.05) is 31.1 Å². The average Bonchev–Trinajstić information content (AvgIpc) is 3.69. The van der Waals surface area contributed by atoms with E-state index < -0.39 is 12.0 Å². The van der Waals surface area contributed by atoms with Gasteiger partial charge in [-0.05, 0) is 97.1 Å². The van der Waals surface area contributed by atoms with Crippen molar-refractivity contribution in [3.8, 4) is 5.69 Å². The molecule has 0 aliphatic carbocycles. The van der Waals surface area contributed by atoms with Crippen LogP contribution < -0.4 is 14.9 Å². The molecule has 6 nitrogen and oxygen atoms in total. The number of carbonyl (C=O) groups is 1. The molecule has 6 rings (SSSR count). The lowest BCUT2D eigenvalue weighted by Gasteiger charge is -2.24. The predicted molar refractivity (Wildman–Crippen MR) is 178 cm³/mol. The van der Waals surface area contributed by atoms with Gasteiger partial charge >= 0.3 is 5.97 Å². The van der Waals surface area contributed by atoms with Gasteiger partial charge in [0.15, 0.2) is 4.80 Å². The summed E-state index contributed by atoms with van der Waals surface area (Å²) in [5.74, 6) is -0.468. The molecular formula is C33H28IN3O3S2. The molecule has 1 aliphatic heterocycles. The van der Waals surface area contributed by atoms with E-state index in [-0.39, 0.29) is 12.2 Å². The van der Waals surface area contributed by atoms with Crippen LogP contribution in [0.2, 0.25) is 0 Å². The van der Waals surface area contributed by atoms with Crippen LogP contribution in [0, 0.1) is 24.3 Å². The van der Waals surface area contributed by atoms with Gasteiger partial charge in [0.2, 0.25) is 0 Å². The van der Waals surface area contributed by atoms with E-state index in [0.717, 1.165) is 33.1 Å². The van der Waals surface area contributed by atoms with Gasteiger partial charge in [0.05, 0.1) is 22.4 Å². The Labute approximate surface area is 265 Å². The van der Waals surface area contributed by atoms with Crippen LogP contribution in [0.3, 0.4) is 0 Å². The highest BCUT2D eigenvalue weighted by atomic mass is 127. The fourth-order valence-corrected chi connectivity index (χ4v) is 7.66. The summed E-state index contributed by atoms with van der Waals surface area (Å²) in [7, 11) is 0. The molecule has 1 atom stereocenters. The van der Waals surface area contributed by atoms with Gasteiger partial charge in [-0.25, -0.2) is 9.79 Å². The first-order valence-corrected chi connectivity index (χ1v) is 16.3. The lowest BCUT2D eigenvalue weighted by Crippen LogP contribution is -2.39. The van der Waals surface area contributed by atoms with Gasteiger partial charge in [0.1, 0.15) is 6.04 Å². The minimum atomic E-state index is -0.639. The average molecular weight is 706 g/mol. The highest BCUT2D eigenvalue weighted by Crippen LogP contribution is 2.37. The van der Waals surface area contributed by atoms with Crippen molar-refractivity contribution in [3.63, 3.8) is 0 Å². The van der Waals surface area contributed by atoms with E-state index in [4.69, 9.17) is 9.73 Å². The number of hydrogen-bond acceptors (Lipinski definition) is 6. The second-order valence-electron chi connectivity index (χ2n) is 10.0. The maximum Gasteiger partial charge on any atom is 0.338 e. The molecule has 0 fully saturated rings. The van der Waals surface area contributed by atoms with Crippen molar-refractivity contribution < 1.29 is 9.53 Å². The molecule has 0 saturated carbocycles. The molecule has 3 aromatic heterocycles. The number of hydrogen-bond donors (Lipinski definition) is 0. The molecule has 0 bridgehead atoms. The van der Waals surface area contributed by atoms with Crippen LogP contribution in [0.25, 0.3) is 17.5 Å². The number of thiophene rings is 1. The zero-order valence-corrected chi connectivity index (χ0v) is 27.3. The third-order valence-corrected chi connectivity index (χ3v) is 10.4. The van der Waals surface area contributed by atoms with Crippen LogP contribution in [0.5, 0.6) is 0 Å². The number of nitrogens with zero attached hydrogens (tertiary/aromatic N) is 3. The molecule has 2 aromatic carbocycles. The quantitative estimate of drug-likeness (QED) is 0.154. The zero-order valence-electron chi connectivity index (χ0n) is 23.6. The molecule has 0 radical (unpaired) electrons. The third kappa shape index (κ3) is 5.03. The van der Waals surface area contributed by atoms with Gasteiger partial charge in [-0.15, -0.1) is 11.3 Å². The molecule has 0 saturated heterocycles. The Morgan fingerprint density at radius 2 is 1.86 bits per heavy atom. The number of carbonyl (C=O) groups excluding carboxylic acids is 1. The highest BCUT2D eigenvalue weighted by Gasteiger charge is 2.35. The van der Waals surface area contributed by atoms with E-state index in [1.54, 1.807) is 11.5 Å². The lowest BCUT2D eigenvalue weighted by molar-refractivity contribution is -0.138. The summed E-state index contributed by atoms with van der Waals surface area (Å²) in [5.41, 5.74) is 6.95. The first kappa shape index (κ1) is 28.6. The Hall–Kier alpha value is -3.54. The smallest absolute Gasteiger partial charge is 0.338 e. The van der Waals surface area contributed by atoms with Crippen molar-refractivity contribution in [2.45, 2.75) is 33.7 Å². The molecule has 0 amide bonds. The fraction of sp³-hybridized carbons (Fsp3) is 0.182. The first-order valence-electron chi connectivity index (χ1n) is 13.6. The van der Waals surface area contributed by atoms with Gasteiger partial charge in [0.25, 0.3) is 5.56 Å². The van der Waals surface area contributed by atoms with Crippen molar-refractivity contribution in [3.05, 3.63) is 134 Å². The molecule has 212 valence electrons. The summed E-state index contributed by atoms with van der Waals surface area (Å²) in [6.45, 7) is 8.26. The zero-order chi connectivity index (χ0) is 29.5. The van der Waals surface area contributed by atoms with E-state index in [1.807, 2.05) is 53.9 Å². The number of ether oxygens (including phenoxy) is 1. The second-order valence-corrected chi connectivity index (χ2v) is 13.2. The summed E-state index contributed by atoms with van der Waals surface area (Å²) in [6, 6.07) is 21.4. The molecule has 42 heavy (non-hydrogen) atoms. The normalized spacial score (nSPS) is 15.1. The molecular weight excluding hydrogens is 677 g/mol. The summed E-state index contributed by atoms with van der Waals surface area (Å²) >= 11 is 5.21. The van der Waals surface area contributed by atoms with Gasteiger partial charge < -0.3 is 9.30 Å². The van der Waals surface area contributed by atoms with Crippen LogP contribution in [0.15, 0.2) is 87.5 Å². The molecule has 0 N–H and O–H groups in total. The van der Waals surface area contributed by atoms with E-state index in [1.165, 1.54) is 31.8 Å². The Morgan fingerprint density at radius 3 is 2.55 bits per heavy atom. The number of fused-ring (bicyclic) bond motifs is 1. The standard InChI is InChI=1S/C33H28IN3O3S2/c1-5-40-32(39)28-29(22-10-7-6-8-11-22)35-33-37(30(28)26-12-9-15-41-26)31(38)27(42-33)17-23-16-20(3)36(21(23)4)24-14-13-19(2)25(34)18-24/h6-18,30H,5H2,1-4H3/b27-17-/t30-/m1/s1. The maximum absolute atomic E-state index is 14.2. The number of rotatable bonds is 6. The largest absolute Gasteiger partial charge is 0.463 e. The number of thiazole rings is 1. The van der Waals surface area contributed by atoms with Crippen molar-refractivity contribution in [1.29, 1.82) is 0 Å². The van der Waals surface area contributed by atoms with Crippen LogP contribution >= 0.6 is 45.3 Å². The second kappa shape index (κ2) is 11.6. The van der Waals surface area contributed by atoms with Gasteiger partial charge in [-0.2, -0.15) is 0 Å². The first-order chi connectivity index (χ1) is 20.3. The molecule has 0 spiro atoms. The van der Waals surface area contributed by atoms with E-state index in [2.05, 4.69) is 72.2 Å². The van der Waals surface area contributed by atoms with Crippen molar-refractivity contribution in [2.24, 2.45) is 4.99 Å². The summed E-state index contributed by atoms with van der Waals surface area (Å²) in [6.07, 6.45) is 1.95. The predicted octanol–water partition coefficient (Wildman–Crippen LogP) is 6.32. The maximum atomic E-state index is 14.2. The van der Waals surface area contributed by atoms with E-state index in [9.17, 15) is 9.59 Å². The summed E-state index contributed by atoms with van der Waals surface area (Å²) in [5, 5.41) is 1.96. The van der Waals surface area contributed by atoms with Crippen LogP contribution in [-0.2, 0) is 9.53 Å². The fourth-order valence-electron chi connectivity index (χ4n) is 5.35. The number of esters is 1. The molecule has 9 heteroatoms. The van der Waals surface area contributed by atoms with Crippen molar-refractivity contribution in [2.75, 3.05) is 6.61 Å². The minimum absolute atomic E-state index is 0.180. The topological polar surface area (TPSA) is 65.6 Å². The summed E-state index contributed by atoms with van der Waals surface area (Å²) in [4.78, 5) is 34.0. The monoisotopic (exact) mass is 705 g/mol. The highest BCUT2D eigenvalue weighted by molar-refractivity contribution is 14.1. The minimum Gasteiger partial charge on any atom is -0.463 e. The van der Waals surface area contributed by atoms with Gasteiger partial charge in [-0.3, -0.25) is 9.36 Å². The lowest BCUT2D eigenvalue weighted by atomic mass is 9.97. The Kier molecular flexibility index (Phi) is 7.91. The molecule has 0 unspecified atom stereocenters. The van der Waals surface area contributed by atoms with Crippen LogP contribution in [0.1, 0.15) is 45.9 Å². The Balaban J connectivity index is 1.57. The summed E-state index contributed by atoms with van der Waals surface area (Å²) < 4.78 is 11.2. The molecule has 4 heterocycles. The third-order valence-electron chi connectivity index (χ3n) is 7.36. The SMILES string of the molecule is CCOC(=O)C1=C(c2ccccc2)N=c2s/c(=C\c3cc(C)n(-c4ccc(C)c(I)c4)c3C)c(=O)n2[C@@H]1c1cccs1. The van der Waals surface area contributed by atoms with Crippen molar-refractivity contribution >= 4 is 63.0 Å². The van der Waals surface area contributed by atoms with E-state index in [0.29, 0.717) is 20.6 Å². The van der Waals surface area contributed by atoms with Crippen LogP contribution in [-0.4, -0.2) is 21.7 Å². The van der Waals surface area contributed by atoms with Crippen molar-refractivity contribution in [1.82, 2.24) is 9.13 Å². The number of aryl methyl sites for hydroxylation is 2. The Morgan fingerprint density at radius 1 is 1.07 bits per heavy atom. The molecule has 1 aliphatic rings.